The molecule has 16 heavy (non-hydrogen) atoms. The second-order valence-electron chi connectivity index (χ2n) is 3.88. The van der Waals surface area contributed by atoms with Crippen molar-refractivity contribution in [3.05, 3.63) is 35.6 Å². The number of amides is 1. The molecule has 0 unspecified atom stereocenters. The van der Waals surface area contributed by atoms with Gasteiger partial charge >= 0.3 is 0 Å². The van der Waals surface area contributed by atoms with Crippen molar-refractivity contribution in [3.8, 4) is 0 Å². The molecule has 0 bridgehead atoms. The molecular formula is C12H17FN2O. The second-order valence-corrected chi connectivity index (χ2v) is 3.88. The van der Waals surface area contributed by atoms with Gasteiger partial charge in [0.1, 0.15) is 5.82 Å². The van der Waals surface area contributed by atoms with E-state index in [0.29, 0.717) is 24.7 Å². The first kappa shape index (κ1) is 12.6. The zero-order valence-corrected chi connectivity index (χ0v) is 9.59. The summed E-state index contributed by atoms with van der Waals surface area (Å²) in [6.45, 7) is 5.31. The molecular weight excluding hydrogens is 207 g/mol. The van der Waals surface area contributed by atoms with Crippen LogP contribution < -0.4 is 10.6 Å². The van der Waals surface area contributed by atoms with Gasteiger partial charge < -0.3 is 10.6 Å². The Morgan fingerprint density at radius 1 is 1.38 bits per heavy atom. The Balaban J connectivity index is 2.35. The van der Waals surface area contributed by atoms with E-state index in [0.717, 1.165) is 0 Å². The predicted octanol–water partition coefficient (Wildman–Crippen LogP) is 1.55. The van der Waals surface area contributed by atoms with Gasteiger partial charge in [-0.1, -0.05) is 19.9 Å². The van der Waals surface area contributed by atoms with Crippen LogP contribution in [0.1, 0.15) is 24.2 Å². The van der Waals surface area contributed by atoms with E-state index >= 15 is 0 Å². The molecule has 3 nitrogen and oxygen atoms in total. The van der Waals surface area contributed by atoms with Gasteiger partial charge in [0, 0.05) is 24.7 Å². The van der Waals surface area contributed by atoms with Gasteiger partial charge in [-0.05, 0) is 18.2 Å². The first-order valence-electron chi connectivity index (χ1n) is 5.36. The number of benzene rings is 1. The summed E-state index contributed by atoms with van der Waals surface area (Å²) >= 11 is 0. The summed E-state index contributed by atoms with van der Waals surface area (Å²) in [5.74, 6) is -0.641. The summed E-state index contributed by atoms with van der Waals surface area (Å²) in [6, 6.07) is 6.05. The highest BCUT2D eigenvalue weighted by Gasteiger charge is 2.04. The Labute approximate surface area is 95.0 Å². The minimum Gasteiger partial charge on any atom is -0.351 e. The van der Waals surface area contributed by atoms with Crippen molar-refractivity contribution in [1.82, 2.24) is 10.6 Å². The van der Waals surface area contributed by atoms with Crippen molar-refractivity contribution in [2.24, 2.45) is 0 Å². The number of nitrogens with one attached hydrogen (secondary N) is 2. The zero-order chi connectivity index (χ0) is 12.0. The second kappa shape index (κ2) is 6.23. The Morgan fingerprint density at radius 2 is 2.12 bits per heavy atom. The van der Waals surface area contributed by atoms with Gasteiger partial charge in [-0.3, -0.25) is 4.79 Å². The fourth-order valence-electron chi connectivity index (χ4n) is 1.27. The molecule has 0 atom stereocenters. The Hall–Kier alpha value is -1.42. The molecule has 2 N–H and O–H groups in total. The van der Waals surface area contributed by atoms with Crippen molar-refractivity contribution in [3.63, 3.8) is 0 Å². The average molecular weight is 224 g/mol. The van der Waals surface area contributed by atoms with Crippen molar-refractivity contribution in [2.45, 2.75) is 19.9 Å². The number of halogens is 1. The van der Waals surface area contributed by atoms with E-state index in [9.17, 15) is 9.18 Å². The molecule has 4 heteroatoms. The van der Waals surface area contributed by atoms with Gasteiger partial charge in [-0.25, -0.2) is 4.39 Å². The van der Waals surface area contributed by atoms with Gasteiger partial charge in [0.2, 0.25) is 0 Å². The standard InChI is InChI=1S/C12H17FN2O/c1-9(2)14-6-7-15-12(16)10-4-3-5-11(13)8-10/h3-5,8-9,14H,6-7H2,1-2H3,(H,15,16). The third-order valence-electron chi connectivity index (χ3n) is 2.05. The highest BCUT2D eigenvalue weighted by Crippen LogP contribution is 2.02. The van der Waals surface area contributed by atoms with Crippen molar-refractivity contribution < 1.29 is 9.18 Å². The fourth-order valence-corrected chi connectivity index (χ4v) is 1.27. The van der Waals surface area contributed by atoms with Crippen LogP contribution in [0.25, 0.3) is 0 Å². The molecule has 0 saturated carbocycles. The van der Waals surface area contributed by atoms with E-state index in [1.54, 1.807) is 6.07 Å². The largest absolute Gasteiger partial charge is 0.351 e. The highest BCUT2D eigenvalue weighted by molar-refractivity contribution is 5.94. The van der Waals surface area contributed by atoms with E-state index in [2.05, 4.69) is 10.6 Å². The van der Waals surface area contributed by atoms with Crippen LogP contribution in [-0.2, 0) is 0 Å². The third kappa shape index (κ3) is 4.40. The molecule has 1 rings (SSSR count). The predicted molar refractivity (Wildman–Crippen MR) is 61.9 cm³/mol. The topological polar surface area (TPSA) is 41.1 Å². The number of hydrogen-bond acceptors (Lipinski definition) is 2. The average Bonchev–Trinajstić information content (AvgIpc) is 2.24. The third-order valence-corrected chi connectivity index (χ3v) is 2.05. The number of rotatable bonds is 5. The van der Waals surface area contributed by atoms with Crippen LogP contribution in [0.3, 0.4) is 0 Å². The monoisotopic (exact) mass is 224 g/mol. The molecule has 1 amide bonds. The molecule has 0 radical (unpaired) electrons. The lowest BCUT2D eigenvalue weighted by Crippen LogP contribution is -2.34. The maximum atomic E-state index is 12.8. The van der Waals surface area contributed by atoms with E-state index < -0.39 is 5.82 Å². The maximum absolute atomic E-state index is 12.8. The molecule has 0 heterocycles. The van der Waals surface area contributed by atoms with Crippen LogP contribution in [0.5, 0.6) is 0 Å². The summed E-state index contributed by atoms with van der Waals surface area (Å²) in [4.78, 5) is 11.5. The summed E-state index contributed by atoms with van der Waals surface area (Å²) < 4.78 is 12.8. The van der Waals surface area contributed by atoms with Gasteiger partial charge in [0.05, 0.1) is 0 Å². The van der Waals surface area contributed by atoms with Crippen LogP contribution in [0.4, 0.5) is 4.39 Å². The molecule has 0 aliphatic rings. The van der Waals surface area contributed by atoms with E-state index in [4.69, 9.17) is 0 Å². The van der Waals surface area contributed by atoms with Crippen LogP contribution in [0, 0.1) is 5.82 Å². The molecule has 1 aromatic rings. The smallest absolute Gasteiger partial charge is 0.251 e. The van der Waals surface area contributed by atoms with E-state index in [1.165, 1.54) is 18.2 Å². The van der Waals surface area contributed by atoms with E-state index in [1.807, 2.05) is 13.8 Å². The van der Waals surface area contributed by atoms with Crippen molar-refractivity contribution >= 4 is 5.91 Å². The molecule has 0 aliphatic heterocycles. The van der Waals surface area contributed by atoms with Gasteiger partial charge in [0.15, 0.2) is 0 Å². The molecule has 88 valence electrons. The first-order chi connectivity index (χ1) is 7.59. The lowest BCUT2D eigenvalue weighted by atomic mass is 10.2. The summed E-state index contributed by atoms with van der Waals surface area (Å²) in [5.41, 5.74) is 0.351. The normalized spacial score (nSPS) is 10.5. The Kier molecular flexibility index (Phi) is 4.92. The lowest BCUT2D eigenvalue weighted by molar-refractivity contribution is 0.0953. The summed E-state index contributed by atoms with van der Waals surface area (Å²) in [6.07, 6.45) is 0. The van der Waals surface area contributed by atoms with E-state index in [-0.39, 0.29) is 5.91 Å². The molecule has 0 aliphatic carbocycles. The lowest BCUT2D eigenvalue weighted by Gasteiger charge is -2.09. The minimum atomic E-state index is -0.395. The van der Waals surface area contributed by atoms with Crippen LogP contribution >= 0.6 is 0 Å². The van der Waals surface area contributed by atoms with Crippen molar-refractivity contribution in [2.75, 3.05) is 13.1 Å². The van der Waals surface area contributed by atoms with Gasteiger partial charge in [-0.15, -0.1) is 0 Å². The summed E-state index contributed by atoms with van der Waals surface area (Å²) in [7, 11) is 0. The van der Waals surface area contributed by atoms with Crippen LogP contribution in [0.2, 0.25) is 0 Å². The Bertz CT molecular complexity index is 353. The fraction of sp³-hybridized carbons (Fsp3) is 0.417. The quantitative estimate of drug-likeness (QED) is 0.745. The summed E-state index contributed by atoms with van der Waals surface area (Å²) in [5, 5.41) is 5.89. The zero-order valence-electron chi connectivity index (χ0n) is 9.59. The molecule has 0 fully saturated rings. The van der Waals surface area contributed by atoms with Gasteiger partial charge in [0.25, 0.3) is 5.91 Å². The molecule has 0 saturated heterocycles. The SMILES string of the molecule is CC(C)NCCNC(=O)c1cccc(F)c1. The molecule has 0 spiro atoms. The molecule has 0 aromatic heterocycles. The maximum Gasteiger partial charge on any atom is 0.251 e. The van der Waals surface area contributed by atoms with Crippen molar-refractivity contribution in [1.29, 1.82) is 0 Å². The van der Waals surface area contributed by atoms with Gasteiger partial charge in [-0.2, -0.15) is 0 Å². The first-order valence-corrected chi connectivity index (χ1v) is 5.36. The molecule has 1 aromatic carbocycles. The van der Waals surface area contributed by atoms with Crippen LogP contribution in [0.15, 0.2) is 24.3 Å². The number of hydrogen-bond donors (Lipinski definition) is 2. The minimum absolute atomic E-state index is 0.245. The highest BCUT2D eigenvalue weighted by atomic mass is 19.1. The number of carbonyl (C=O) groups excluding carboxylic acids is 1. The number of carbonyl (C=O) groups is 1. The van der Waals surface area contributed by atoms with Crippen LogP contribution in [-0.4, -0.2) is 25.0 Å². The Morgan fingerprint density at radius 3 is 2.75 bits per heavy atom.